The van der Waals surface area contributed by atoms with Crippen LogP contribution >= 0.6 is 23.2 Å². The molecule has 0 spiro atoms. The Morgan fingerprint density at radius 2 is 2.00 bits per heavy atom. The minimum atomic E-state index is -4.68. The zero-order chi connectivity index (χ0) is 17.0. The Morgan fingerprint density at radius 1 is 1.26 bits per heavy atom. The van der Waals surface area contributed by atoms with Gasteiger partial charge in [-0.05, 0) is 17.7 Å². The van der Waals surface area contributed by atoms with Gasteiger partial charge >= 0.3 is 12.1 Å². The molecule has 10 heteroatoms. The predicted octanol–water partition coefficient (Wildman–Crippen LogP) is 3.30. The Bertz CT molecular complexity index is 704. The smallest absolute Gasteiger partial charge is 0.355 e. The van der Waals surface area contributed by atoms with E-state index in [1.165, 1.54) is 0 Å². The van der Waals surface area contributed by atoms with Crippen LogP contribution in [0, 0.1) is 0 Å². The molecule has 0 bridgehead atoms. The van der Waals surface area contributed by atoms with Crippen molar-refractivity contribution < 1.29 is 22.5 Å². The Kier molecular flexibility index (Phi) is 5.48. The Balaban J connectivity index is 1.80. The van der Waals surface area contributed by atoms with Crippen LogP contribution in [0.2, 0.25) is 10.0 Å². The van der Waals surface area contributed by atoms with Crippen LogP contribution in [0.1, 0.15) is 17.3 Å². The number of hydrogen-bond acceptors (Lipinski definition) is 4. The number of nitrogens with one attached hydrogen (secondary N) is 1. The summed E-state index contributed by atoms with van der Waals surface area (Å²) in [5.74, 6) is -1.86. The number of rotatable bonds is 5. The molecule has 1 aromatic heterocycles. The predicted molar refractivity (Wildman–Crippen MR) is 76.2 cm³/mol. The fourth-order valence-electron chi connectivity index (χ4n) is 1.68. The molecule has 1 heterocycles. The molecule has 0 aliphatic rings. The van der Waals surface area contributed by atoms with E-state index in [1.54, 1.807) is 18.2 Å². The molecule has 0 saturated carbocycles. The van der Waals surface area contributed by atoms with Gasteiger partial charge in [-0.3, -0.25) is 4.79 Å². The molecule has 2 aromatic rings. The maximum Gasteiger partial charge on any atom is 0.471 e. The largest absolute Gasteiger partial charge is 0.471 e. The number of benzene rings is 1. The van der Waals surface area contributed by atoms with Crippen LogP contribution in [-0.2, 0) is 23.8 Å². The summed E-state index contributed by atoms with van der Waals surface area (Å²) in [4.78, 5) is 14.9. The lowest BCUT2D eigenvalue weighted by Crippen LogP contribution is -2.27. The first kappa shape index (κ1) is 17.6. The normalized spacial score (nSPS) is 11.5. The van der Waals surface area contributed by atoms with Crippen molar-refractivity contribution >= 4 is 29.1 Å². The van der Waals surface area contributed by atoms with Crippen molar-refractivity contribution in [2.45, 2.75) is 19.0 Å². The molecule has 1 amide bonds. The molecule has 2 rings (SSSR count). The second-order valence-corrected chi connectivity index (χ2v) is 5.35. The summed E-state index contributed by atoms with van der Waals surface area (Å²) in [6.07, 6.45) is -4.59. The highest BCUT2D eigenvalue weighted by atomic mass is 35.5. The van der Waals surface area contributed by atoms with Gasteiger partial charge in [0, 0.05) is 13.0 Å². The average Bonchev–Trinajstić information content (AvgIpc) is 2.92. The van der Waals surface area contributed by atoms with Crippen LogP contribution in [0.3, 0.4) is 0 Å². The summed E-state index contributed by atoms with van der Waals surface area (Å²) in [5, 5.41) is 6.46. The maximum atomic E-state index is 12.3. The van der Waals surface area contributed by atoms with Gasteiger partial charge in [-0.25, -0.2) is 0 Å². The summed E-state index contributed by atoms with van der Waals surface area (Å²) >= 11 is 11.6. The number of nitrogens with zero attached hydrogens (tertiary/aromatic N) is 2. The molecule has 23 heavy (non-hydrogen) atoms. The van der Waals surface area contributed by atoms with Gasteiger partial charge in [0.15, 0.2) is 5.82 Å². The number of amides is 1. The van der Waals surface area contributed by atoms with Gasteiger partial charge in [0.25, 0.3) is 0 Å². The maximum absolute atomic E-state index is 12.3. The lowest BCUT2D eigenvalue weighted by molar-refractivity contribution is -0.159. The van der Waals surface area contributed by atoms with E-state index in [1.807, 2.05) is 0 Å². The van der Waals surface area contributed by atoms with Crippen LogP contribution in [-0.4, -0.2) is 22.6 Å². The molecule has 0 saturated heterocycles. The summed E-state index contributed by atoms with van der Waals surface area (Å²) in [6.45, 7) is 0.0803. The van der Waals surface area contributed by atoms with Gasteiger partial charge in [0.2, 0.25) is 5.91 Å². The molecule has 5 nitrogen and oxygen atoms in total. The van der Waals surface area contributed by atoms with Crippen molar-refractivity contribution in [2.75, 3.05) is 6.54 Å². The summed E-state index contributed by atoms with van der Waals surface area (Å²) in [6, 6.07) is 4.80. The summed E-state index contributed by atoms with van der Waals surface area (Å²) < 4.78 is 40.9. The molecule has 0 fully saturated rings. The van der Waals surface area contributed by atoms with E-state index >= 15 is 0 Å². The number of carbonyl (C=O) groups is 1. The molecule has 124 valence electrons. The van der Waals surface area contributed by atoms with Crippen molar-refractivity contribution in [1.29, 1.82) is 0 Å². The van der Waals surface area contributed by atoms with Crippen LogP contribution in [0.15, 0.2) is 22.7 Å². The fourth-order valence-corrected chi connectivity index (χ4v) is 2.00. The molecule has 1 N–H and O–H groups in total. The monoisotopic (exact) mass is 367 g/mol. The number of hydrogen-bond donors (Lipinski definition) is 1. The van der Waals surface area contributed by atoms with Gasteiger partial charge in [-0.2, -0.15) is 18.2 Å². The third-order valence-electron chi connectivity index (χ3n) is 2.73. The first-order valence-electron chi connectivity index (χ1n) is 6.36. The zero-order valence-electron chi connectivity index (χ0n) is 11.5. The van der Waals surface area contributed by atoms with Crippen molar-refractivity contribution in [3.8, 4) is 0 Å². The first-order valence-corrected chi connectivity index (χ1v) is 7.11. The highest BCUT2D eigenvalue weighted by Gasteiger charge is 2.38. The second kappa shape index (κ2) is 7.18. The van der Waals surface area contributed by atoms with Crippen LogP contribution in [0.5, 0.6) is 0 Å². The van der Waals surface area contributed by atoms with E-state index in [2.05, 4.69) is 20.0 Å². The summed E-state index contributed by atoms with van der Waals surface area (Å²) in [7, 11) is 0. The molecular formula is C13H10Cl2F3N3O2. The fraction of sp³-hybridized carbons (Fsp3) is 0.308. The van der Waals surface area contributed by atoms with Gasteiger partial charge in [-0.1, -0.05) is 34.4 Å². The molecule has 1 aromatic carbocycles. The minimum absolute atomic E-state index is 0.0205. The quantitative estimate of drug-likeness (QED) is 0.880. The lowest BCUT2D eigenvalue weighted by atomic mass is 10.1. The lowest BCUT2D eigenvalue weighted by Gasteiger charge is -2.05. The number of halogens is 5. The van der Waals surface area contributed by atoms with E-state index in [0.717, 1.165) is 0 Å². The number of carbonyl (C=O) groups excluding carboxylic acids is 1. The van der Waals surface area contributed by atoms with E-state index in [-0.39, 0.29) is 31.1 Å². The number of alkyl halides is 3. The standard InChI is InChI=1S/C13H10Cl2F3N3O2/c14-8-2-1-7(5-9(8)15)6-11(22)19-4-3-10-20-12(23-21-10)13(16,17)18/h1-2,5H,3-4,6H2,(H,19,22). The second-order valence-electron chi connectivity index (χ2n) is 4.54. The van der Waals surface area contributed by atoms with Gasteiger partial charge in [-0.15, -0.1) is 0 Å². The molecule has 0 radical (unpaired) electrons. The van der Waals surface area contributed by atoms with Crippen molar-refractivity contribution in [1.82, 2.24) is 15.5 Å². The Morgan fingerprint density at radius 3 is 2.61 bits per heavy atom. The average molecular weight is 368 g/mol. The van der Waals surface area contributed by atoms with Gasteiger partial charge in [0.1, 0.15) is 0 Å². The molecular weight excluding hydrogens is 358 g/mol. The highest BCUT2D eigenvalue weighted by Crippen LogP contribution is 2.27. The third kappa shape index (κ3) is 5.11. The highest BCUT2D eigenvalue weighted by molar-refractivity contribution is 6.42. The first-order chi connectivity index (χ1) is 10.8. The topological polar surface area (TPSA) is 68.0 Å². The van der Waals surface area contributed by atoms with E-state index < -0.39 is 12.1 Å². The third-order valence-corrected chi connectivity index (χ3v) is 3.47. The van der Waals surface area contributed by atoms with Crippen molar-refractivity contribution in [3.63, 3.8) is 0 Å². The Hall–Kier alpha value is -1.80. The molecule has 0 aliphatic heterocycles. The minimum Gasteiger partial charge on any atom is -0.355 e. The van der Waals surface area contributed by atoms with Crippen molar-refractivity contribution in [2.24, 2.45) is 0 Å². The molecule has 0 aliphatic carbocycles. The zero-order valence-corrected chi connectivity index (χ0v) is 13.0. The van der Waals surface area contributed by atoms with E-state index in [9.17, 15) is 18.0 Å². The van der Waals surface area contributed by atoms with Crippen LogP contribution in [0.4, 0.5) is 13.2 Å². The summed E-state index contributed by atoms with van der Waals surface area (Å²) in [5.41, 5.74) is 0.663. The Labute approximate surface area is 138 Å². The molecule has 0 atom stereocenters. The van der Waals surface area contributed by atoms with Gasteiger partial charge < -0.3 is 9.84 Å². The van der Waals surface area contributed by atoms with Gasteiger partial charge in [0.05, 0.1) is 16.5 Å². The number of aromatic nitrogens is 2. The van der Waals surface area contributed by atoms with Crippen LogP contribution < -0.4 is 5.32 Å². The van der Waals surface area contributed by atoms with E-state index in [4.69, 9.17) is 23.2 Å². The van der Waals surface area contributed by atoms with E-state index in [0.29, 0.717) is 15.6 Å². The van der Waals surface area contributed by atoms with Crippen molar-refractivity contribution in [3.05, 3.63) is 45.5 Å². The van der Waals surface area contributed by atoms with Crippen LogP contribution in [0.25, 0.3) is 0 Å². The SMILES string of the molecule is O=C(Cc1ccc(Cl)c(Cl)c1)NCCc1noc(C(F)(F)F)n1. The molecule has 0 unspecified atom stereocenters.